The molecule has 0 radical (unpaired) electrons. The molecule has 5 heteroatoms. The van der Waals surface area contributed by atoms with Crippen LogP contribution >= 0.6 is 0 Å². The highest BCUT2D eigenvalue weighted by Crippen LogP contribution is 2.23. The van der Waals surface area contributed by atoms with Crippen molar-refractivity contribution < 1.29 is 9.59 Å². The SMILES string of the molecule is CCN(CC)C(=O)C1CCCN1C(=O)CC(N)c1ccccc1. The molecule has 0 spiro atoms. The second kappa shape index (κ2) is 8.11. The summed E-state index contributed by atoms with van der Waals surface area (Å²) in [7, 11) is 0. The minimum atomic E-state index is -0.325. The first-order valence-corrected chi connectivity index (χ1v) is 8.47. The molecule has 0 saturated carbocycles. The standard InChI is InChI=1S/C18H27N3O2/c1-3-20(4-2)18(23)16-11-8-12-21(16)17(22)13-15(19)14-9-6-5-7-10-14/h5-7,9-10,15-16H,3-4,8,11-13,19H2,1-2H3. The molecule has 126 valence electrons. The van der Waals surface area contributed by atoms with Gasteiger partial charge in [0, 0.05) is 32.1 Å². The largest absolute Gasteiger partial charge is 0.341 e. The Morgan fingerprint density at radius 2 is 1.91 bits per heavy atom. The van der Waals surface area contributed by atoms with Crippen LogP contribution in [0.5, 0.6) is 0 Å². The number of amides is 2. The van der Waals surface area contributed by atoms with Crippen LogP contribution in [0.4, 0.5) is 0 Å². The average molecular weight is 317 g/mol. The van der Waals surface area contributed by atoms with Gasteiger partial charge >= 0.3 is 0 Å². The Hall–Kier alpha value is -1.88. The van der Waals surface area contributed by atoms with E-state index in [9.17, 15) is 9.59 Å². The molecule has 1 aromatic rings. The zero-order valence-corrected chi connectivity index (χ0v) is 14.1. The number of carbonyl (C=O) groups is 2. The lowest BCUT2D eigenvalue weighted by molar-refractivity contribution is -0.143. The lowest BCUT2D eigenvalue weighted by Crippen LogP contribution is -2.48. The minimum Gasteiger partial charge on any atom is -0.341 e. The highest BCUT2D eigenvalue weighted by molar-refractivity contribution is 5.88. The molecule has 1 heterocycles. The van der Waals surface area contributed by atoms with Crippen LogP contribution in [-0.2, 0) is 9.59 Å². The molecule has 2 N–H and O–H groups in total. The van der Waals surface area contributed by atoms with E-state index in [-0.39, 0.29) is 30.3 Å². The number of nitrogens with two attached hydrogens (primary N) is 1. The van der Waals surface area contributed by atoms with E-state index >= 15 is 0 Å². The second-order valence-electron chi connectivity index (χ2n) is 5.98. The van der Waals surface area contributed by atoms with Gasteiger partial charge in [-0.3, -0.25) is 9.59 Å². The molecule has 1 aliphatic heterocycles. The Morgan fingerprint density at radius 1 is 1.26 bits per heavy atom. The number of likely N-dealkylation sites (N-methyl/N-ethyl adjacent to an activating group) is 1. The summed E-state index contributed by atoms with van der Waals surface area (Å²) in [6.07, 6.45) is 1.87. The number of carbonyl (C=O) groups excluding carboxylic acids is 2. The van der Waals surface area contributed by atoms with Crippen LogP contribution in [0.25, 0.3) is 0 Å². The zero-order chi connectivity index (χ0) is 16.8. The van der Waals surface area contributed by atoms with E-state index in [4.69, 9.17) is 5.73 Å². The van der Waals surface area contributed by atoms with Gasteiger partial charge in [-0.05, 0) is 32.3 Å². The van der Waals surface area contributed by atoms with Crippen LogP contribution in [0, 0.1) is 0 Å². The summed E-state index contributed by atoms with van der Waals surface area (Å²) >= 11 is 0. The molecule has 2 atom stereocenters. The van der Waals surface area contributed by atoms with E-state index in [0.29, 0.717) is 19.6 Å². The third-order valence-electron chi connectivity index (χ3n) is 4.56. The summed E-state index contributed by atoms with van der Waals surface area (Å²) in [4.78, 5) is 28.7. The maximum atomic E-state index is 12.6. The first-order chi connectivity index (χ1) is 11.1. The fourth-order valence-corrected chi connectivity index (χ4v) is 3.19. The summed E-state index contributed by atoms with van der Waals surface area (Å²) in [5.74, 6) is 0.0403. The summed E-state index contributed by atoms with van der Waals surface area (Å²) in [6, 6.07) is 8.99. The van der Waals surface area contributed by atoms with E-state index in [2.05, 4.69) is 0 Å². The van der Waals surface area contributed by atoms with Crippen molar-refractivity contribution in [1.82, 2.24) is 9.80 Å². The first-order valence-electron chi connectivity index (χ1n) is 8.47. The van der Waals surface area contributed by atoms with Crippen LogP contribution in [0.2, 0.25) is 0 Å². The van der Waals surface area contributed by atoms with Gasteiger partial charge in [0.2, 0.25) is 11.8 Å². The lowest BCUT2D eigenvalue weighted by atomic mass is 10.0. The van der Waals surface area contributed by atoms with Gasteiger partial charge in [-0.25, -0.2) is 0 Å². The number of benzene rings is 1. The molecule has 0 aromatic heterocycles. The molecular formula is C18H27N3O2. The van der Waals surface area contributed by atoms with Crippen molar-refractivity contribution in [2.24, 2.45) is 5.73 Å². The molecule has 0 bridgehead atoms. The molecule has 1 aliphatic rings. The van der Waals surface area contributed by atoms with Crippen LogP contribution in [0.1, 0.15) is 44.7 Å². The van der Waals surface area contributed by atoms with Crippen LogP contribution in [0.15, 0.2) is 30.3 Å². The van der Waals surface area contributed by atoms with Gasteiger partial charge < -0.3 is 15.5 Å². The molecule has 2 unspecified atom stereocenters. The molecule has 1 fully saturated rings. The zero-order valence-electron chi connectivity index (χ0n) is 14.1. The molecule has 5 nitrogen and oxygen atoms in total. The van der Waals surface area contributed by atoms with Crippen molar-refractivity contribution in [2.75, 3.05) is 19.6 Å². The van der Waals surface area contributed by atoms with Crippen molar-refractivity contribution >= 4 is 11.8 Å². The topological polar surface area (TPSA) is 66.6 Å². The second-order valence-corrected chi connectivity index (χ2v) is 5.98. The van der Waals surface area contributed by atoms with Gasteiger partial charge in [0.15, 0.2) is 0 Å². The van der Waals surface area contributed by atoms with E-state index in [1.165, 1.54) is 0 Å². The van der Waals surface area contributed by atoms with Crippen molar-refractivity contribution in [1.29, 1.82) is 0 Å². The molecule has 23 heavy (non-hydrogen) atoms. The van der Waals surface area contributed by atoms with Gasteiger partial charge in [-0.1, -0.05) is 30.3 Å². The summed E-state index contributed by atoms with van der Waals surface area (Å²) in [5, 5.41) is 0. The quantitative estimate of drug-likeness (QED) is 0.872. The van der Waals surface area contributed by atoms with Gasteiger partial charge in [0.05, 0.1) is 0 Å². The third kappa shape index (κ3) is 4.10. The fraction of sp³-hybridized carbons (Fsp3) is 0.556. The molecule has 2 rings (SSSR count). The molecule has 1 aromatic carbocycles. The minimum absolute atomic E-state index is 0.0237. The first kappa shape index (κ1) is 17.5. The molecule has 1 saturated heterocycles. The van der Waals surface area contributed by atoms with Gasteiger partial charge in [-0.15, -0.1) is 0 Å². The number of hydrogen-bond donors (Lipinski definition) is 1. The highest BCUT2D eigenvalue weighted by Gasteiger charge is 2.36. The number of nitrogens with zero attached hydrogens (tertiary/aromatic N) is 2. The Kier molecular flexibility index (Phi) is 6.16. The maximum absolute atomic E-state index is 12.6. The number of rotatable bonds is 6. The summed E-state index contributed by atoms with van der Waals surface area (Å²) < 4.78 is 0. The van der Waals surface area contributed by atoms with E-state index in [0.717, 1.165) is 18.4 Å². The molecule has 2 amide bonds. The van der Waals surface area contributed by atoms with E-state index in [1.807, 2.05) is 44.2 Å². The van der Waals surface area contributed by atoms with E-state index < -0.39 is 0 Å². The Labute approximate surface area is 138 Å². The maximum Gasteiger partial charge on any atom is 0.245 e. The van der Waals surface area contributed by atoms with Gasteiger partial charge in [-0.2, -0.15) is 0 Å². The Bertz CT molecular complexity index is 528. The van der Waals surface area contributed by atoms with Crippen molar-refractivity contribution in [3.63, 3.8) is 0 Å². The van der Waals surface area contributed by atoms with Crippen molar-refractivity contribution in [3.05, 3.63) is 35.9 Å². The number of hydrogen-bond acceptors (Lipinski definition) is 3. The average Bonchev–Trinajstić information content (AvgIpc) is 3.06. The number of likely N-dealkylation sites (tertiary alicyclic amines) is 1. The van der Waals surface area contributed by atoms with Crippen molar-refractivity contribution in [2.45, 2.75) is 45.2 Å². The van der Waals surface area contributed by atoms with Crippen LogP contribution in [-0.4, -0.2) is 47.3 Å². The van der Waals surface area contributed by atoms with Crippen LogP contribution in [0.3, 0.4) is 0 Å². The molecule has 0 aliphatic carbocycles. The van der Waals surface area contributed by atoms with Gasteiger partial charge in [0.1, 0.15) is 6.04 Å². The van der Waals surface area contributed by atoms with Gasteiger partial charge in [0.25, 0.3) is 0 Å². The summed E-state index contributed by atoms with van der Waals surface area (Å²) in [5.41, 5.74) is 7.10. The molecular weight excluding hydrogens is 290 g/mol. The predicted octanol–water partition coefficient (Wildman–Crippen LogP) is 1.94. The fourth-order valence-electron chi connectivity index (χ4n) is 3.19. The Morgan fingerprint density at radius 3 is 2.52 bits per heavy atom. The third-order valence-corrected chi connectivity index (χ3v) is 4.56. The van der Waals surface area contributed by atoms with Crippen LogP contribution < -0.4 is 5.73 Å². The smallest absolute Gasteiger partial charge is 0.245 e. The van der Waals surface area contributed by atoms with Crippen molar-refractivity contribution in [3.8, 4) is 0 Å². The Balaban J connectivity index is 2.02. The predicted molar refractivity (Wildman–Crippen MR) is 90.7 cm³/mol. The lowest BCUT2D eigenvalue weighted by Gasteiger charge is -2.29. The monoisotopic (exact) mass is 317 g/mol. The summed E-state index contributed by atoms with van der Waals surface area (Å²) in [6.45, 7) is 5.94. The van der Waals surface area contributed by atoms with E-state index in [1.54, 1.807) is 9.80 Å². The highest BCUT2D eigenvalue weighted by atomic mass is 16.2. The normalized spacial score (nSPS) is 18.7.